The minimum absolute atomic E-state index is 0.0756. The Morgan fingerprint density at radius 1 is 1.53 bits per heavy atom. The molecule has 2 rings (SSSR count). The predicted octanol–water partition coefficient (Wildman–Crippen LogP) is 2.36. The van der Waals surface area contributed by atoms with Gasteiger partial charge >= 0.3 is 0 Å². The van der Waals surface area contributed by atoms with Gasteiger partial charge in [0.15, 0.2) is 0 Å². The van der Waals surface area contributed by atoms with E-state index in [0.717, 1.165) is 5.69 Å². The minimum Gasteiger partial charge on any atom is -0.314 e. The van der Waals surface area contributed by atoms with E-state index in [1.54, 1.807) is 20.0 Å². The number of hydrogen-bond acceptors (Lipinski definition) is 2. The highest BCUT2D eigenvalue weighted by molar-refractivity contribution is 6.07. The largest absolute Gasteiger partial charge is 0.314 e. The number of amides is 1. The number of anilines is 1. The van der Waals surface area contributed by atoms with Gasteiger partial charge in [-0.1, -0.05) is 0 Å². The van der Waals surface area contributed by atoms with E-state index in [4.69, 9.17) is 5.26 Å². The van der Waals surface area contributed by atoms with Gasteiger partial charge in [0.05, 0.1) is 11.5 Å². The Labute approximate surface area is 99.5 Å². The van der Waals surface area contributed by atoms with Crippen molar-refractivity contribution in [2.24, 2.45) is 0 Å². The SMILES string of the molecule is CN1C(=O)[C@@](C)(CCC#N)c2cc(F)ccc21. The first-order chi connectivity index (χ1) is 8.00. The maximum atomic E-state index is 13.3. The number of nitrogens with zero attached hydrogens (tertiary/aromatic N) is 2. The van der Waals surface area contributed by atoms with Gasteiger partial charge in [0.25, 0.3) is 0 Å². The number of likely N-dealkylation sites (N-methyl/N-ethyl adjacent to an activating group) is 1. The van der Waals surface area contributed by atoms with Crippen LogP contribution in [-0.2, 0) is 10.2 Å². The monoisotopic (exact) mass is 232 g/mol. The van der Waals surface area contributed by atoms with Crippen molar-refractivity contribution in [1.29, 1.82) is 5.26 Å². The molecule has 0 spiro atoms. The van der Waals surface area contributed by atoms with Crippen LogP contribution in [0, 0.1) is 17.1 Å². The predicted molar refractivity (Wildman–Crippen MR) is 62.0 cm³/mol. The second-order valence-corrected chi connectivity index (χ2v) is 4.52. The molecule has 0 aromatic heterocycles. The molecule has 88 valence electrons. The second kappa shape index (κ2) is 3.85. The Morgan fingerprint density at radius 3 is 2.88 bits per heavy atom. The zero-order valence-electron chi connectivity index (χ0n) is 9.83. The summed E-state index contributed by atoms with van der Waals surface area (Å²) in [5.41, 5.74) is 0.638. The molecule has 1 heterocycles. The standard InChI is InChI=1S/C13H13FN2O/c1-13(6-3-7-15)10-8-9(14)4-5-11(10)16(2)12(13)17/h4-5,8H,3,6H2,1-2H3/t13-/m0/s1. The third-order valence-corrected chi connectivity index (χ3v) is 3.43. The molecular weight excluding hydrogens is 219 g/mol. The molecular formula is C13H13FN2O. The van der Waals surface area contributed by atoms with E-state index < -0.39 is 5.41 Å². The first-order valence-corrected chi connectivity index (χ1v) is 5.46. The van der Waals surface area contributed by atoms with Crippen molar-refractivity contribution < 1.29 is 9.18 Å². The first kappa shape index (κ1) is 11.6. The lowest BCUT2D eigenvalue weighted by atomic mass is 9.80. The molecule has 4 heteroatoms. The fraction of sp³-hybridized carbons (Fsp3) is 0.385. The van der Waals surface area contributed by atoms with Crippen LogP contribution >= 0.6 is 0 Å². The lowest BCUT2D eigenvalue weighted by Gasteiger charge is -2.21. The number of carbonyl (C=O) groups is 1. The van der Waals surface area contributed by atoms with E-state index in [0.29, 0.717) is 12.0 Å². The Balaban J connectivity index is 2.53. The highest BCUT2D eigenvalue weighted by atomic mass is 19.1. The van der Waals surface area contributed by atoms with E-state index >= 15 is 0 Å². The molecule has 1 aromatic rings. The zero-order chi connectivity index (χ0) is 12.6. The Morgan fingerprint density at radius 2 is 2.24 bits per heavy atom. The quantitative estimate of drug-likeness (QED) is 0.785. The fourth-order valence-electron chi connectivity index (χ4n) is 2.38. The van der Waals surface area contributed by atoms with Crippen LogP contribution in [0.25, 0.3) is 0 Å². The van der Waals surface area contributed by atoms with Gasteiger partial charge < -0.3 is 4.90 Å². The topological polar surface area (TPSA) is 44.1 Å². The summed E-state index contributed by atoms with van der Waals surface area (Å²) in [6, 6.07) is 6.39. The fourth-order valence-corrected chi connectivity index (χ4v) is 2.38. The van der Waals surface area contributed by atoms with E-state index in [1.165, 1.54) is 17.0 Å². The van der Waals surface area contributed by atoms with E-state index in [9.17, 15) is 9.18 Å². The number of rotatable bonds is 2. The van der Waals surface area contributed by atoms with Crippen LogP contribution in [0.4, 0.5) is 10.1 Å². The van der Waals surface area contributed by atoms with Crippen LogP contribution in [0.5, 0.6) is 0 Å². The number of nitriles is 1. The summed E-state index contributed by atoms with van der Waals surface area (Å²) in [7, 11) is 1.68. The second-order valence-electron chi connectivity index (χ2n) is 4.52. The summed E-state index contributed by atoms with van der Waals surface area (Å²) < 4.78 is 13.3. The summed E-state index contributed by atoms with van der Waals surface area (Å²) in [5, 5.41) is 8.65. The third kappa shape index (κ3) is 1.59. The van der Waals surface area contributed by atoms with E-state index in [-0.39, 0.29) is 18.1 Å². The molecule has 0 aliphatic carbocycles. The molecule has 1 aromatic carbocycles. The Hall–Kier alpha value is -1.89. The molecule has 1 aliphatic heterocycles. The van der Waals surface area contributed by atoms with Crippen LogP contribution in [-0.4, -0.2) is 13.0 Å². The lowest BCUT2D eigenvalue weighted by Crippen LogP contribution is -2.36. The van der Waals surface area contributed by atoms with Gasteiger partial charge in [0.1, 0.15) is 5.82 Å². The number of hydrogen-bond donors (Lipinski definition) is 0. The molecule has 1 aliphatic rings. The molecule has 0 saturated heterocycles. The lowest BCUT2D eigenvalue weighted by molar-refractivity contribution is -0.122. The van der Waals surface area contributed by atoms with Crippen LogP contribution in [0.2, 0.25) is 0 Å². The van der Waals surface area contributed by atoms with E-state index in [1.807, 2.05) is 6.07 Å². The molecule has 1 atom stereocenters. The highest BCUT2D eigenvalue weighted by Crippen LogP contribution is 2.43. The molecule has 1 amide bonds. The number of fused-ring (bicyclic) bond motifs is 1. The molecule has 17 heavy (non-hydrogen) atoms. The van der Waals surface area contributed by atoms with Crippen molar-refractivity contribution in [3.8, 4) is 6.07 Å². The van der Waals surface area contributed by atoms with Gasteiger partial charge in [0.2, 0.25) is 5.91 Å². The average molecular weight is 232 g/mol. The van der Waals surface area contributed by atoms with Gasteiger partial charge in [-0.25, -0.2) is 4.39 Å². The molecule has 0 radical (unpaired) electrons. The average Bonchev–Trinajstić information content (AvgIpc) is 2.50. The van der Waals surface area contributed by atoms with Crippen LogP contribution in [0.3, 0.4) is 0 Å². The smallest absolute Gasteiger partial charge is 0.237 e. The maximum Gasteiger partial charge on any atom is 0.237 e. The van der Waals surface area contributed by atoms with Crippen LogP contribution in [0.1, 0.15) is 25.3 Å². The summed E-state index contributed by atoms with van der Waals surface area (Å²) in [4.78, 5) is 13.7. The minimum atomic E-state index is -0.776. The normalized spacial score (nSPS) is 22.5. The molecule has 0 unspecified atom stereocenters. The molecule has 0 saturated carbocycles. The molecule has 3 nitrogen and oxygen atoms in total. The van der Waals surface area contributed by atoms with Crippen molar-refractivity contribution in [3.63, 3.8) is 0 Å². The number of halogens is 1. The van der Waals surface area contributed by atoms with Gasteiger partial charge in [-0.05, 0) is 37.1 Å². The van der Waals surface area contributed by atoms with Gasteiger partial charge in [0, 0.05) is 19.2 Å². The third-order valence-electron chi connectivity index (χ3n) is 3.43. The maximum absolute atomic E-state index is 13.3. The zero-order valence-corrected chi connectivity index (χ0v) is 9.83. The Kier molecular flexibility index (Phi) is 2.62. The summed E-state index contributed by atoms with van der Waals surface area (Å²) >= 11 is 0. The van der Waals surface area contributed by atoms with E-state index in [2.05, 4.69) is 0 Å². The molecule has 0 N–H and O–H groups in total. The number of carbonyl (C=O) groups excluding carboxylic acids is 1. The van der Waals surface area contributed by atoms with Gasteiger partial charge in [-0.15, -0.1) is 0 Å². The van der Waals surface area contributed by atoms with Crippen LogP contribution < -0.4 is 4.90 Å². The summed E-state index contributed by atoms with van der Waals surface area (Å²) in [5.74, 6) is -0.427. The summed E-state index contributed by atoms with van der Waals surface area (Å²) in [6.07, 6.45) is 0.704. The van der Waals surface area contributed by atoms with Crippen molar-refractivity contribution in [2.45, 2.75) is 25.2 Å². The summed E-state index contributed by atoms with van der Waals surface area (Å²) in [6.45, 7) is 1.77. The van der Waals surface area contributed by atoms with Gasteiger partial charge in [-0.3, -0.25) is 4.79 Å². The Bertz CT molecular complexity index is 521. The van der Waals surface area contributed by atoms with Crippen LogP contribution in [0.15, 0.2) is 18.2 Å². The highest BCUT2D eigenvalue weighted by Gasteiger charge is 2.45. The van der Waals surface area contributed by atoms with Crippen molar-refractivity contribution >= 4 is 11.6 Å². The number of benzene rings is 1. The molecule has 0 bridgehead atoms. The van der Waals surface area contributed by atoms with Gasteiger partial charge in [-0.2, -0.15) is 5.26 Å². The first-order valence-electron chi connectivity index (χ1n) is 5.46. The van der Waals surface area contributed by atoms with Crippen molar-refractivity contribution in [1.82, 2.24) is 0 Å². The van der Waals surface area contributed by atoms with Crippen molar-refractivity contribution in [3.05, 3.63) is 29.6 Å². The molecule has 0 fully saturated rings. The van der Waals surface area contributed by atoms with Crippen molar-refractivity contribution in [2.75, 3.05) is 11.9 Å².